The van der Waals surface area contributed by atoms with Crippen LogP contribution in [-0.4, -0.2) is 17.2 Å². The molecular formula is C38H32BF16N. The molecule has 2 N–H and O–H groups in total. The third kappa shape index (κ3) is 7.49. The molecule has 304 valence electrons. The van der Waals surface area contributed by atoms with Crippen molar-refractivity contribution in [3.8, 4) is 0 Å². The third-order valence-corrected chi connectivity index (χ3v) is 11.0. The largest absolute Gasteiger partial charge is 0.337 e. The number of nitrogens with two attached hydrogens (primary N) is 1. The van der Waals surface area contributed by atoms with Crippen LogP contribution in [0.1, 0.15) is 78.1 Å². The third-order valence-electron chi connectivity index (χ3n) is 11.0. The number of halogens is 16. The Hall–Kier alpha value is -4.22. The van der Waals surface area contributed by atoms with Crippen LogP contribution in [0.25, 0.3) is 0 Å². The quantitative estimate of drug-likeness (QED) is 0.0874. The summed E-state index contributed by atoms with van der Waals surface area (Å²) in [5.74, 6) is -45.1. The standard InChI is InChI=1S/C24H4BF16.C14H27N/c26-5-1-9(30)17(34)21(38)13(5)25(14-6(27)2-10(31)18(35)22(14)39,15-7(28)3-11(32)19(36)23(15)40)16-8(29)4-12(33)20(37)24(16)41;1-13(9-5-3-6-10-13)15-14(2)11-7-4-8-12-14/h1-4H;15H,3-12H2,1-2H3/q-1;/p+1. The lowest BCUT2D eigenvalue weighted by Crippen LogP contribution is -3.05. The van der Waals surface area contributed by atoms with Gasteiger partial charge in [-0.05, 0) is 39.5 Å². The van der Waals surface area contributed by atoms with E-state index in [4.69, 9.17) is 0 Å². The van der Waals surface area contributed by atoms with Crippen molar-refractivity contribution in [1.82, 2.24) is 0 Å². The Labute approximate surface area is 310 Å². The SMILES string of the molecule is CC1([NH2+]C2(C)CCCCC2)CCCCC1.Fc1cc(F)c([B-](c2c(F)cc(F)c(F)c2F)(c2c(F)cc(F)c(F)c2F)c2c(F)cc(F)c(F)c2F)c(F)c1F. The average molecular weight is 817 g/mol. The molecule has 0 bridgehead atoms. The molecule has 4 aromatic rings. The van der Waals surface area contributed by atoms with Crippen molar-refractivity contribution in [2.75, 3.05) is 0 Å². The molecular weight excluding hydrogens is 785 g/mol. The normalized spacial score (nSPS) is 16.8. The van der Waals surface area contributed by atoms with Gasteiger partial charge in [0.25, 0.3) is 0 Å². The van der Waals surface area contributed by atoms with Gasteiger partial charge in [-0.2, -0.15) is 0 Å². The topological polar surface area (TPSA) is 16.6 Å². The predicted octanol–water partition coefficient (Wildman–Crippen LogP) is 8.29. The molecule has 0 atom stereocenters. The summed E-state index contributed by atoms with van der Waals surface area (Å²) in [6.07, 6.45) is 8.40. The zero-order chi connectivity index (χ0) is 41.7. The minimum Gasteiger partial charge on any atom is -0.337 e. The summed E-state index contributed by atoms with van der Waals surface area (Å²) in [7, 11) is 0. The van der Waals surface area contributed by atoms with Crippen LogP contribution in [0.15, 0.2) is 24.3 Å². The van der Waals surface area contributed by atoms with E-state index in [0.717, 1.165) is 0 Å². The van der Waals surface area contributed by atoms with E-state index < -0.39 is 145 Å². The Kier molecular flexibility index (Phi) is 12.2. The fourth-order valence-electron chi connectivity index (χ4n) is 8.62. The van der Waals surface area contributed by atoms with Crippen LogP contribution in [0.3, 0.4) is 0 Å². The molecule has 2 fully saturated rings. The van der Waals surface area contributed by atoms with Gasteiger partial charge < -0.3 is 5.32 Å². The molecule has 1 nitrogen and oxygen atoms in total. The molecule has 0 aromatic heterocycles. The molecule has 6 rings (SSSR count). The fourth-order valence-corrected chi connectivity index (χ4v) is 8.62. The highest BCUT2D eigenvalue weighted by atomic mass is 19.2. The zero-order valence-electron chi connectivity index (χ0n) is 29.6. The van der Waals surface area contributed by atoms with Crippen LogP contribution in [0.4, 0.5) is 70.2 Å². The number of benzene rings is 4. The van der Waals surface area contributed by atoms with Gasteiger partial charge in [0, 0.05) is 49.9 Å². The molecule has 0 spiro atoms. The van der Waals surface area contributed by atoms with E-state index in [1.54, 1.807) is 0 Å². The molecule has 0 amide bonds. The highest BCUT2D eigenvalue weighted by molar-refractivity contribution is 7.20. The van der Waals surface area contributed by atoms with Gasteiger partial charge in [-0.25, -0.2) is 70.2 Å². The van der Waals surface area contributed by atoms with E-state index in [-0.39, 0.29) is 0 Å². The predicted molar refractivity (Wildman–Crippen MR) is 174 cm³/mol. The molecule has 2 aliphatic carbocycles. The van der Waals surface area contributed by atoms with Gasteiger partial charge >= 0.3 is 0 Å². The van der Waals surface area contributed by atoms with Crippen LogP contribution >= 0.6 is 0 Å². The van der Waals surface area contributed by atoms with Crippen molar-refractivity contribution in [2.45, 2.75) is 89.1 Å². The van der Waals surface area contributed by atoms with Gasteiger partial charge in [-0.3, -0.25) is 0 Å². The summed E-state index contributed by atoms with van der Waals surface area (Å²) >= 11 is 0. The summed E-state index contributed by atoms with van der Waals surface area (Å²) in [6.45, 7) is 5.01. The van der Waals surface area contributed by atoms with Crippen molar-refractivity contribution in [3.63, 3.8) is 0 Å². The summed E-state index contributed by atoms with van der Waals surface area (Å²) in [5.41, 5.74) is -9.80. The van der Waals surface area contributed by atoms with E-state index in [2.05, 4.69) is 19.2 Å². The smallest absolute Gasteiger partial charge is 0.191 e. The molecule has 4 aromatic carbocycles. The maximum absolute atomic E-state index is 15.3. The minimum absolute atomic E-state index is 0.574. The fraction of sp³-hybridized carbons (Fsp3) is 0.368. The van der Waals surface area contributed by atoms with Crippen molar-refractivity contribution in [2.24, 2.45) is 0 Å². The molecule has 0 aliphatic heterocycles. The van der Waals surface area contributed by atoms with Crippen LogP contribution < -0.4 is 27.2 Å². The summed E-state index contributed by atoms with van der Waals surface area (Å²) in [6, 6.07) is -2.92. The van der Waals surface area contributed by atoms with E-state index >= 15 is 35.1 Å². The first kappa shape index (κ1) is 42.9. The maximum atomic E-state index is 15.3. The second-order valence-electron chi connectivity index (χ2n) is 15.0. The molecule has 0 heterocycles. The number of hydrogen-bond acceptors (Lipinski definition) is 0. The molecule has 0 radical (unpaired) electrons. The first-order valence-corrected chi connectivity index (χ1v) is 17.5. The Morgan fingerprint density at radius 1 is 0.339 bits per heavy atom. The van der Waals surface area contributed by atoms with Crippen LogP contribution in [0, 0.1) is 93.1 Å². The van der Waals surface area contributed by atoms with Crippen molar-refractivity contribution >= 4 is 28.0 Å². The van der Waals surface area contributed by atoms with Gasteiger partial charge in [0.1, 0.15) is 29.4 Å². The Morgan fingerprint density at radius 2 is 0.554 bits per heavy atom. The molecule has 0 unspecified atom stereocenters. The summed E-state index contributed by atoms with van der Waals surface area (Å²) < 4.78 is 235. The summed E-state index contributed by atoms with van der Waals surface area (Å²) in [5, 5.41) is 2.76. The monoisotopic (exact) mass is 817 g/mol. The summed E-state index contributed by atoms with van der Waals surface area (Å²) in [4.78, 5) is 0. The van der Waals surface area contributed by atoms with E-state index in [1.165, 1.54) is 64.2 Å². The minimum atomic E-state index is -6.18. The molecule has 2 saturated carbocycles. The van der Waals surface area contributed by atoms with Crippen molar-refractivity contribution < 1.29 is 75.6 Å². The first-order valence-electron chi connectivity index (χ1n) is 17.5. The highest BCUT2D eigenvalue weighted by Gasteiger charge is 2.49. The lowest BCUT2D eigenvalue weighted by molar-refractivity contribution is -0.789. The van der Waals surface area contributed by atoms with Gasteiger partial charge in [-0.15, -0.1) is 21.9 Å². The number of hydrogen-bond donors (Lipinski definition) is 1. The van der Waals surface area contributed by atoms with Crippen molar-refractivity contribution in [1.29, 1.82) is 0 Å². The lowest BCUT2D eigenvalue weighted by Gasteiger charge is -2.44. The van der Waals surface area contributed by atoms with Gasteiger partial charge in [0.05, 0.1) is 34.3 Å². The second kappa shape index (κ2) is 16.0. The lowest BCUT2D eigenvalue weighted by atomic mass is 9.12. The molecule has 2 aliphatic rings. The number of rotatable bonds is 6. The van der Waals surface area contributed by atoms with Crippen LogP contribution in [0.5, 0.6) is 0 Å². The first-order chi connectivity index (χ1) is 26.1. The Balaban J connectivity index is 0.000000332. The molecule has 0 saturated heterocycles. The number of quaternary nitrogens is 1. The highest BCUT2D eigenvalue weighted by Crippen LogP contribution is 2.30. The van der Waals surface area contributed by atoms with Crippen LogP contribution in [-0.2, 0) is 0 Å². The van der Waals surface area contributed by atoms with E-state index in [1.807, 2.05) is 0 Å². The molecule has 56 heavy (non-hydrogen) atoms. The average Bonchev–Trinajstić information content (AvgIpc) is 3.11. The maximum Gasteiger partial charge on any atom is 0.191 e. The van der Waals surface area contributed by atoms with Crippen molar-refractivity contribution in [3.05, 3.63) is 117 Å². The van der Waals surface area contributed by atoms with E-state index in [9.17, 15) is 35.1 Å². The van der Waals surface area contributed by atoms with Gasteiger partial charge in [0.15, 0.2) is 46.5 Å². The Morgan fingerprint density at radius 3 is 0.768 bits per heavy atom. The Bertz CT molecular complexity index is 1880. The van der Waals surface area contributed by atoms with Crippen LogP contribution in [0.2, 0.25) is 0 Å². The second-order valence-corrected chi connectivity index (χ2v) is 15.0. The molecule has 18 heteroatoms. The van der Waals surface area contributed by atoms with Gasteiger partial charge in [-0.1, -0.05) is 12.8 Å². The van der Waals surface area contributed by atoms with Gasteiger partial charge in [0.2, 0.25) is 0 Å². The zero-order valence-corrected chi connectivity index (χ0v) is 29.6. The van der Waals surface area contributed by atoms with E-state index in [0.29, 0.717) is 11.1 Å².